The van der Waals surface area contributed by atoms with Crippen molar-refractivity contribution in [3.05, 3.63) is 29.8 Å². The highest BCUT2D eigenvalue weighted by atomic mass is 28.4. The van der Waals surface area contributed by atoms with Crippen molar-refractivity contribution in [2.45, 2.75) is 13.0 Å². The van der Waals surface area contributed by atoms with Crippen molar-refractivity contribution >= 4 is 14.5 Å². The lowest BCUT2D eigenvalue weighted by atomic mass is 10.2. The summed E-state index contributed by atoms with van der Waals surface area (Å²) in [7, 11) is 2.45. The summed E-state index contributed by atoms with van der Waals surface area (Å²) < 4.78 is 16.1. The Hall–Kier alpha value is -0.883. The molecule has 0 saturated heterocycles. The molecule has 0 amide bonds. The first-order valence-corrected chi connectivity index (χ1v) is 7.55. The van der Waals surface area contributed by atoms with Crippen molar-refractivity contribution in [2.75, 3.05) is 33.2 Å². The predicted molar refractivity (Wildman–Crippen MR) is 71.3 cm³/mol. The molecule has 1 rings (SSSR count). The first-order chi connectivity index (χ1) is 8.15. The Labute approximate surface area is 104 Å². The van der Waals surface area contributed by atoms with Crippen molar-refractivity contribution in [1.29, 1.82) is 0 Å². The van der Waals surface area contributed by atoms with Crippen LogP contribution in [0.15, 0.2) is 24.3 Å². The van der Waals surface area contributed by atoms with Crippen molar-refractivity contribution in [3.63, 3.8) is 0 Å². The van der Waals surface area contributed by atoms with Crippen molar-refractivity contribution < 1.29 is 13.3 Å². The maximum Gasteiger partial charge on any atom is 0.501 e. The van der Waals surface area contributed by atoms with Crippen LogP contribution in [-0.4, -0.2) is 36.7 Å². The highest BCUT2D eigenvalue weighted by molar-refractivity contribution is 6.60. The SMILES string of the molecule is CO[Si](CCNc1cccc(C)c1)(OC)OC. The average Bonchev–Trinajstić information content (AvgIpc) is 2.35. The number of rotatable bonds is 7. The number of anilines is 1. The minimum atomic E-state index is -2.45. The Morgan fingerprint density at radius 3 is 2.29 bits per heavy atom. The largest absolute Gasteiger partial charge is 0.501 e. The van der Waals surface area contributed by atoms with Crippen LogP contribution < -0.4 is 5.32 Å². The average molecular weight is 255 g/mol. The highest BCUT2D eigenvalue weighted by Crippen LogP contribution is 2.14. The molecule has 1 aromatic rings. The van der Waals surface area contributed by atoms with Gasteiger partial charge in [-0.3, -0.25) is 0 Å². The van der Waals surface area contributed by atoms with Gasteiger partial charge in [-0.15, -0.1) is 0 Å². The molecule has 0 aliphatic carbocycles. The number of nitrogens with one attached hydrogen (secondary N) is 1. The minimum Gasteiger partial charge on any atom is -0.385 e. The fraction of sp³-hybridized carbons (Fsp3) is 0.500. The van der Waals surface area contributed by atoms with Gasteiger partial charge in [-0.05, 0) is 24.6 Å². The Balaban J connectivity index is 2.46. The molecule has 0 radical (unpaired) electrons. The standard InChI is InChI=1S/C12H21NO3Si/c1-11-6-5-7-12(10-11)13-8-9-17(14-2,15-3)16-4/h5-7,10,13H,8-9H2,1-4H3. The molecule has 0 aliphatic heterocycles. The molecule has 17 heavy (non-hydrogen) atoms. The summed E-state index contributed by atoms with van der Waals surface area (Å²) in [5, 5.41) is 3.34. The Kier molecular flexibility index (Phi) is 5.63. The molecule has 0 aliphatic rings. The summed E-state index contributed by atoms with van der Waals surface area (Å²) in [5.41, 5.74) is 2.35. The molecular formula is C12H21NO3Si. The second-order valence-corrected chi connectivity index (χ2v) is 6.93. The van der Waals surface area contributed by atoms with Gasteiger partial charge in [-0.2, -0.15) is 0 Å². The lowest BCUT2D eigenvalue weighted by Gasteiger charge is -2.24. The lowest BCUT2D eigenvalue weighted by Crippen LogP contribution is -2.44. The molecule has 0 unspecified atom stereocenters. The summed E-state index contributed by atoms with van der Waals surface area (Å²) >= 11 is 0. The molecule has 1 N–H and O–H groups in total. The fourth-order valence-corrected chi connectivity index (χ4v) is 3.21. The first kappa shape index (κ1) is 14.2. The van der Waals surface area contributed by atoms with Gasteiger partial charge in [-0.1, -0.05) is 12.1 Å². The van der Waals surface area contributed by atoms with E-state index in [9.17, 15) is 0 Å². The summed E-state index contributed by atoms with van der Waals surface area (Å²) in [6.07, 6.45) is 0. The molecule has 0 saturated carbocycles. The van der Waals surface area contributed by atoms with E-state index >= 15 is 0 Å². The van der Waals surface area contributed by atoms with Crippen LogP contribution in [0.4, 0.5) is 5.69 Å². The molecule has 0 spiro atoms. The third-order valence-electron chi connectivity index (χ3n) is 2.71. The van der Waals surface area contributed by atoms with Gasteiger partial charge in [0.05, 0.1) is 0 Å². The summed E-state index contributed by atoms with van der Waals surface area (Å²) in [6.45, 7) is 2.84. The third-order valence-corrected chi connectivity index (χ3v) is 5.44. The maximum absolute atomic E-state index is 5.35. The van der Waals surface area contributed by atoms with Crippen LogP contribution in [0.5, 0.6) is 0 Å². The second kappa shape index (κ2) is 6.76. The normalized spacial score (nSPS) is 11.5. The van der Waals surface area contributed by atoms with E-state index in [0.717, 1.165) is 18.3 Å². The fourth-order valence-electron chi connectivity index (χ4n) is 1.67. The molecule has 4 nitrogen and oxygen atoms in total. The number of aryl methyl sites for hydroxylation is 1. The van der Waals surface area contributed by atoms with Crippen LogP contribution in [0.3, 0.4) is 0 Å². The van der Waals surface area contributed by atoms with Gasteiger partial charge in [0, 0.05) is 39.6 Å². The van der Waals surface area contributed by atoms with Crippen LogP contribution in [0.25, 0.3) is 0 Å². The minimum absolute atomic E-state index is 0.741. The number of hydrogen-bond acceptors (Lipinski definition) is 4. The Bertz CT molecular complexity index is 334. The van der Waals surface area contributed by atoms with E-state index in [1.54, 1.807) is 21.3 Å². The van der Waals surface area contributed by atoms with Crippen molar-refractivity contribution in [2.24, 2.45) is 0 Å². The number of hydrogen-bond donors (Lipinski definition) is 1. The van der Waals surface area contributed by atoms with E-state index in [1.807, 2.05) is 12.1 Å². The predicted octanol–water partition coefficient (Wildman–Crippen LogP) is 2.29. The zero-order chi connectivity index (χ0) is 12.7. The van der Waals surface area contributed by atoms with E-state index < -0.39 is 8.80 Å². The molecule has 96 valence electrons. The molecule has 0 atom stereocenters. The topological polar surface area (TPSA) is 39.7 Å². The van der Waals surface area contributed by atoms with Crippen molar-refractivity contribution in [1.82, 2.24) is 0 Å². The van der Waals surface area contributed by atoms with Crippen LogP contribution in [-0.2, 0) is 13.3 Å². The summed E-state index contributed by atoms with van der Waals surface area (Å²) in [4.78, 5) is 0. The summed E-state index contributed by atoms with van der Waals surface area (Å²) in [6, 6.07) is 9.00. The van der Waals surface area contributed by atoms with E-state index in [2.05, 4.69) is 24.4 Å². The van der Waals surface area contributed by atoms with Gasteiger partial charge in [0.25, 0.3) is 0 Å². The van der Waals surface area contributed by atoms with Gasteiger partial charge < -0.3 is 18.6 Å². The van der Waals surface area contributed by atoms with Crippen LogP contribution in [0.2, 0.25) is 6.04 Å². The van der Waals surface area contributed by atoms with Crippen LogP contribution in [0.1, 0.15) is 5.56 Å². The smallest absolute Gasteiger partial charge is 0.385 e. The first-order valence-electron chi connectivity index (χ1n) is 5.62. The monoisotopic (exact) mass is 255 g/mol. The van der Waals surface area contributed by atoms with Gasteiger partial charge >= 0.3 is 8.80 Å². The summed E-state index contributed by atoms with van der Waals surface area (Å²) in [5.74, 6) is 0. The van der Waals surface area contributed by atoms with Gasteiger partial charge in [-0.25, -0.2) is 0 Å². The molecule has 1 aromatic carbocycles. The maximum atomic E-state index is 5.35. The third kappa shape index (κ3) is 4.12. The van der Waals surface area contributed by atoms with Crippen LogP contribution in [0, 0.1) is 6.92 Å². The molecular weight excluding hydrogens is 234 g/mol. The quantitative estimate of drug-likeness (QED) is 0.759. The zero-order valence-electron chi connectivity index (χ0n) is 10.9. The molecule has 0 heterocycles. The number of benzene rings is 1. The Morgan fingerprint density at radius 2 is 1.76 bits per heavy atom. The molecule has 0 aromatic heterocycles. The van der Waals surface area contributed by atoms with Gasteiger partial charge in [0.15, 0.2) is 0 Å². The van der Waals surface area contributed by atoms with Gasteiger partial charge in [0.1, 0.15) is 0 Å². The molecule has 5 heteroatoms. The van der Waals surface area contributed by atoms with E-state index in [-0.39, 0.29) is 0 Å². The van der Waals surface area contributed by atoms with Gasteiger partial charge in [0.2, 0.25) is 0 Å². The van der Waals surface area contributed by atoms with E-state index in [0.29, 0.717) is 0 Å². The second-order valence-electron chi connectivity index (χ2n) is 3.84. The van der Waals surface area contributed by atoms with Crippen molar-refractivity contribution in [3.8, 4) is 0 Å². The van der Waals surface area contributed by atoms with E-state index in [1.165, 1.54) is 5.56 Å². The van der Waals surface area contributed by atoms with E-state index in [4.69, 9.17) is 13.3 Å². The molecule has 0 bridgehead atoms. The lowest BCUT2D eigenvalue weighted by molar-refractivity contribution is 0.124. The van der Waals surface area contributed by atoms with Crippen LogP contribution >= 0.6 is 0 Å². The molecule has 0 fully saturated rings. The highest BCUT2D eigenvalue weighted by Gasteiger charge is 2.36. The zero-order valence-corrected chi connectivity index (χ0v) is 11.9. The Morgan fingerprint density at radius 1 is 1.12 bits per heavy atom.